The zero-order valence-electron chi connectivity index (χ0n) is 11.5. The zero-order chi connectivity index (χ0) is 14.9. The second kappa shape index (κ2) is 5.63. The van der Waals surface area contributed by atoms with Crippen molar-refractivity contribution < 1.29 is 0 Å². The van der Waals surface area contributed by atoms with Crippen molar-refractivity contribution in [2.75, 3.05) is 6.54 Å². The van der Waals surface area contributed by atoms with Gasteiger partial charge in [-0.25, -0.2) is 0 Å². The van der Waals surface area contributed by atoms with Gasteiger partial charge in [-0.3, -0.25) is 24.1 Å². The highest BCUT2D eigenvalue weighted by molar-refractivity contribution is 7.99. The number of aryl methyl sites for hydroxylation is 3. The molecule has 2 aromatic rings. The fourth-order valence-electron chi connectivity index (χ4n) is 1.88. The van der Waals surface area contributed by atoms with Gasteiger partial charge in [0.05, 0.1) is 5.69 Å². The highest BCUT2D eigenvalue weighted by atomic mass is 32.2. The van der Waals surface area contributed by atoms with Gasteiger partial charge in [0.1, 0.15) is 5.03 Å². The largest absolute Gasteiger partial charge is 0.339 e. The number of nitrogens with one attached hydrogen (secondary N) is 1. The Morgan fingerprint density at radius 3 is 2.70 bits per heavy atom. The van der Waals surface area contributed by atoms with Crippen LogP contribution in [-0.2, 0) is 20.5 Å². The van der Waals surface area contributed by atoms with E-state index < -0.39 is 11.1 Å². The third kappa shape index (κ3) is 2.68. The molecule has 0 saturated heterocycles. The first-order valence-corrected chi connectivity index (χ1v) is 6.83. The van der Waals surface area contributed by atoms with Crippen molar-refractivity contribution in [3.63, 3.8) is 0 Å². The maximum Gasteiger partial charge on any atom is 0.339 e. The molecule has 3 N–H and O–H groups in total. The Morgan fingerprint density at radius 2 is 2.05 bits per heavy atom. The van der Waals surface area contributed by atoms with Crippen LogP contribution in [-0.4, -0.2) is 31.1 Å². The third-order valence-electron chi connectivity index (χ3n) is 2.82. The molecule has 8 nitrogen and oxygen atoms in total. The van der Waals surface area contributed by atoms with Gasteiger partial charge < -0.3 is 5.73 Å². The molecule has 9 heteroatoms. The molecule has 2 heterocycles. The second-order valence-corrected chi connectivity index (χ2v) is 5.29. The lowest BCUT2D eigenvalue weighted by Crippen LogP contribution is -2.33. The predicted octanol–water partition coefficient (Wildman–Crippen LogP) is -0.837. The topological polar surface area (TPSA) is 112 Å². The summed E-state index contributed by atoms with van der Waals surface area (Å²) in [5.41, 5.74) is 6.00. The SMILES string of the molecule is Cc1nn(C)c(Sc2nc(=O)c(=O)[nH]n2C)c1CCN. The van der Waals surface area contributed by atoms with E-state index in [9.17, 15) is 9.59 Å². The van der Waals surface area contributed by atoms with Crippen LogP contribution in [0.1, 0.15) is 11.3 Å². The standard InChI is InChI=1S/C11H16N6O2S/c1-6-7(4-5-12)10(16(2)14-6)20-11-13-8(18)9(19)15-17(11)3/h4-5,12H2,1-3H3,(H,15,19). The normalized spacial score (nSPS) is 11.0. The van der Waals surface area contributed by atoms with E-state index >= 15 is 0 Å². The average Bonchev–Trinajstić information content (AvgIpc) is 2.63. The van der Waals surface area contributed by atoms with E-state index in [4.69, 9.17) is 5.73 Å². The van der Waals surface area contributed by atoms with Gasteiger partial charge in [0.15, 0.2) is 5.16 Å². The molecule has 0 aliphatic heterocycles. The minimum Gasteiger partial charge on any atom is -0.330 e. The van der Waals surface area contributed by atoms with Crippen molar-refractivity contribution in [3.05, 3.63) is 32.0 Å². The number of aromatic amines is 1. The smallest absolute Gasteiger partial charge is 0.330 e. The quantitative estimate of drug-likeness (QED) is 0.712. The van der Waals surface area contributed by atoms with E-state index in [1.165, 1.54) is 16.4 Å². The Bertz CT molecular complexity index is 744. The summed E-state index contributed by atoms with van der Waals surface area (Å²) in [7, 11) is 3.45. The minimum atomic E-state index is -0.801. The summed E-state index contributed by atoms with van der Waals surface area (Å²) in [4.78, 5) is 26.3. The molecule has 0 unspecified atom stereocenters. The van der Waals surface area contributed by atoms with Gasteiger partial charge in [-0.1, -0.05) is 0 Å². The van der Waals surface area contributed by atoms with E-state index in [-0.39, 0.29) is 0 Å². The first kappa shape index (κ1) is 14.5. The number of nitrogens with zero attached hydrogens (tertiary/aromatic N) is 4. The fourth-order valence-corrected chi connectivity index (χ4v) is 2.91. The number of nitrogens with two attached hydrogens (primary N) is 1. The maximum absolute atomic E-state index is 11.4. The van der Waals surface area contributed by atoms with Crippen LogP contribution in [0.5, 0.6) is 0 Å². The van der Waals surface area contributed by atoms with Gasteiger partial charge in [-0.15, -0.1) is 0 Å². The molecule has 0 radical (unpaired) electrons. The average molecular weight is 296 g/mol. The van der Waals surface area contributed by atoms with Crippen molar-refractivity contribution in [3.8, 4) is 0 Å². The minimum absolute atomic E-state index is 0.399. The monoisotopic (exact) mass is 296 g/mol. The molecule has 2 rings (SSSR count). The highest BCUT2D eigenvalue weighted by Crippen LogP contribution is 2.29. The van der Waals surface area contributed by atoms with Crippen molar-refractivity contribution in [2.24, 2.45) is 19.8 Å². The van der Waals surface area contributed by atoms with Gasteiger partial charge in [-0.2, -0.15) is 10.1 Å². The van der Waals surface area contributed by atoms with Crippen LogP contribution in [0.3, 0.4) is 0 Å². The molecular weight excluding hydrogens is 280 g/mol. The Labute approximate surface area is 119 Å². The molecule has 0 fully saturated rings. The van der Waals surface area contributed by atoms with E-state index in [1.807, 2.05) is 14.0 Å². The molecule has 0 amide bonds. The zero-order valence-corrected chi connectivity index (χ0v) is 12.3. The molecule has 0 spiro atoms. The van der Waals surface area contributed by atoms with Crippen molar-refractivity contribution >= 4 is 11.8 Å². The van der Waals surface area contributed by atoms with Crippen LogP contribution in [0, 0.1) is 6.92 Å². The summed E-state index contributed by atoms with van der Waals surface area (Å²) in [6.45, 7) is 2.42. The molecule has 0 aliphatic carbocycles. The summed E-state index contributed by atoms with van der Waals surface area (Å²) in [6.07, 6.45) is 0.694. The van der Waals surface area contributed by atoms with Crippen molar-refractivity contribution in [2.45, 2.75) is 23.5 Å². The third-order valence-corrected chi connectivity index (χ3v) is 4.07. The summed E-state index contributed by atoms with van der Waals surface area (Å²) < 4.78 is 3.14. The fraction of sp³-hybridized carbons (Fsp3) is 0.455. The molecule has 20 heavy (non-hydrogen) atoms. The van der Waals surface area contributed by atoms with Crippen LogP contribution in [0.2, 0.25) is 0 Å². The summed E-state index contributed by atoms with van der Waals surface area (Å²) in [5, 5.41) is 8.03. The predicted molar refractivity (Wildman–Crippen MR) is 74.9 cm³/mol. The summed E-state index contributed by atoms with van der Waals surface area (Å²) in [6, 6.07) is 0. The van der Waals surface area contributed by atoms with E-state index in [0.29, 0.717) is 18.1 Å². The van der Waals surface area contributed by atoms with Gasteiger partial charge >= 0.3 is 11.1 Å². The molecule has 0 atom stereocenters. The van der Waals surface area contributed by atoms with Crippen molar-refractivity contribution in [1.82, 2.24) is 24.5 Å². The van der Waals surface area contributed by atoms with Gasteiger partial charge in [0, 0.05) is 19.7 Å². The number of hydrogen-bond acceptors (Lipinski definition) is 6. The van der Waals surface area contributed by atoms with Crippen LogP contribution >= 0.6 is 11.8 Å². The lowest BCUT2D eigenvalue weighted by atomic mass is 10.2. The molecule has 0 aliphatic rings. The first-order valence-electron chi connectivity index (χ1n) is 6.01. The lowest BCUT2D eigenvalue weighted by Gasteiger charge is -2.08. The van der Waals surface area contributed by atoms with Gasteiger partial charge in [-0.05, 0) is 31.7 Å². The Morgan fingerprint density at radius 1 is 1.35 bits per heavy atom. The Balaban J connectivity index is 2.47. The molecule has 2 aromatic heterocycles. The number of H-pyrrole nitrogens is 1. The van der Waals surface area contributed by atoms with E-state index in [0.717, 1.165) is 16.3 Å². The number of hydrogen-bond donors (Lipinski definition) is 2. The molecule has 0 bridgehead atoms. The van der Waals surface area contributed by atoms with Crippen LogP contribution in [0.15, 0.2) is 19.8 Å². The maximum atomic E-state index is 11.4. The summed E-state index contributed by atoms with van der Waals surface area (Å²) >= 11 is 1.28. The molecular formula is C11H16N6O2S. The van der Waals surface area contributed by atoms with E-state index in [2.05, 4.69) is 15.2 Å². The molecule has 0 saturated carbocycles. The second-order valence-electron chi connectivity index (χ2n) is 4.33. The Hall–Kier alpha value is -1.87. The molecule has 108 valence electrons. The first-order chi connectivity index (χ1) is 9.43. The van der Waals surface area contributed by atoms with E-state index in [1.54, 1.807) is 11.7 Å². The summed E-state index contributed by atoms with van der Waals surface area (Å²) in [5.74, 6) is 0. The number of aromatic nitrogens is 5. The van der Waals surface area contributed by atoms with Crippen molar-refractivity contribution in [1.29, 1.82) is 0 Å². The van der Waals surface area contributed by atoms with Gasteiger partial charge in [0.25, 0.3) is 0 Å². The van der Waals surface area contributed by atoms with Gasteiger partial charge in [0.2, 0.25) is 0 Å². The lowest BCUT2D eigenvalue weighted by molar-refractivity contribution is 0.593. The number of rotatable bonds is 4. The molecule has 0 aromatic carbocycles. The van der Waals surface area contributed by atoms with Crippen LogP contribution < -0.4 is 16.9 Å². The van der Waals surface area contributed by atoms with Crippen LogP contribution in [0.25, 0.3) is 0 Å². The highest BCUT2D eigenvalue weighted by Gasteiger charge is 2.16. The van der Waals surface area contributed by atoms with Crippen LogP contribution in [0.4, 0.5) is 0 Å². The Kier molecular flexibility index (Phi) is 4.09.